The maximum absolute atomic E-state index is 12.5. The highest BCUT2D eigenvalue weighted by molar-refractivity contribution is 7.09. The minimum Gasteiger partial charge on any atom is -0.490 e. The van der Waals surface area contributed by atoms with Gasteiger partial charge in [-0.1, -0.05) is 0 Å². The van der Waals surface area contributed by atoms with Crippen LogP contribution in [0.3, 0.4) is 0 Å². The predicted octanol–water partition coefficient (Wildman–Crippen LogP) is 3.14. The molecule has 0 unspecified atom stereocenters. The zero-order chi connectivity index (χ0) is 16.7. The molecule has 1 aliphatic heterocycles. The minimum atomic E-state index is -0.0182. The molecule has 2 aliphatic rings. The smallest absolute Gasteiger partial charge is 0.188 e. The first-order chi connectivity index (χ1) is 11.5. The number of carbonyl (C=O) groups excluding carboxylic acids is 1. The number of aryl methyl sites for hydroxylation is 2. The monoisotopic (exact) mass is 344 g/mol. The van der Waals surface area contributed by atoms with E-state index in [2.05, 4.69) is 9.97 Å². The second kappa shape index (κ2) is 5.93. The van der Waals surface area contributed by atoms with Gasteiger partial charge in [0.25, 0.3) is 0 Å². The van der Waals surface area contributed by atoms with Crippen LogP contribution in [0, 0.1) is 19.3 Å². The Balaban J connectivity index is 1.43. The highest BCUT2D eigenvalue weighted by Crippen LogP contribution is 2.48. The van der Waals surface area contributed by atoms with Gasteiger partial charge in [0.2, 0.25) is 0 Å². The van der Waals surface area contributed by atoms with Gasteiger partial charge in [-0.15, -0.1) is 11.3 Å². The van der Waals surface area contributed by atoms with E-state index in [0.29, 0.717) is 11.1 Å². The number of ketones is 1. The van der Waals surface area contributed by atoms with Crippen LogP contribution in [0.1, 0.15) is 39.7 Å². The number of Topliss-reactive ketones (excluding diaryl/α,β-unsaturated/α-hetero) is 1. The van der Waals surface area contributed by atoms with E-state index in [9.17, 15) is 4.79 Å². The molecule has 2 fully saturated rings. The van der Waals surface area contributed by atoms with Crippen LogP contribution in [0.4, 0.5) is 0 Å². The number of thiazole rings is 1. The maximum Gasteiger partial charge on any atom is 0.188 e. The molecule has 0 atom stereocenters. The van der Waals surface area contributed by atoms with Crippen molar-refractivity contribution in [1.29, 1.82) is 0 Å². The van der Waals surface area contributed by atoms with E-state index in [1.165, 1.54) is 11.3 Å². The fourth-order valence-corrected chi connectivity index (χ4v) is 4.14. The standard InChI is InChI=1S/C18H20N2O3S/c1-11-3-13(23-14-6-18(7-14)9-22-10-18)4-15(19-11)16(21)5-17-20-12(2)8-24-17/h3-4,8,14H,5-7,9-10H2,1-2H3. The average Bonchev–Trinajstić information content (AvgIpc) is 2.85. The number of hydrogen-bond acceptors (Lipinski definition) is 6. The number of carbonyl (C=O) groups is 1. The molecule has 24 heavy (non-hydrogen) atoms. The predicted molar refractivity (Wildman–Crippen MR) is 90.8 cm³/mol. The molecule has 0 aromatic carbocycles. The fourth-order valence-electron chi connectivity index (χ4n) is 3.37. The van der Waals surface area contributed by atoms with Crippen LogP contribution in [0.5, 0.6) is 5.75 Å². The van der Waals surface area contributed by atoms with Gasteiger partial charge in [-0.25, -0.2) is 9.97 Å². The van der Waals surface area contributed by atoms with Crippen molar-refractivity contribution in [3.63, 3.8) is 0 Å². The first kappa shape index (κ1) is 15.7. The summed E-state index contributed by atoms with van der Waals surface area (Å²) in [6.45, 7) is 5.54. The Morgan fingerprint density at radius 3 is 2.71 bits per heavy atom. The number of hydrogen-bond donors (Lipinski definition) is 0. The van der Waals surface area contributed by atoms with Crippen LogP contribution >= 0.6 is 11.3 Å². The molecule has 0 bridgehead atoms. The molecule has 1 aliphatic carbocycles. The lowest BCUT2D eigenvalue weighted by molar-refractivity contribution is -0.191. The fraction of sp³-hybridized carbons (Fsp3) is 0.500. The zero-order valence-corrected chi connectivity index (χ0v) is 14.7. The van der Waals surface area contributed by atoms with Crippen molar-refractivity contribution in [3.05, 3.63) is 39.6 Å². The number of pyridine rings is 1. The number of rotatable bonds is 5. The third-order valence-corrected chi connectivity index (χ3v) is 5.60. The van der Waals surface area contributed by atoms with E-state index in [1.54, 1.807) is 6.07 Å². The Hall–Kier alpha value is -1.79. The van der Waals surface area contributed by atoms with Gasteiger partial charge < -0.3 is 9.47 Å². The molecule has 0 amide bonds. The van der Waals surface area contributed by atoms with E-state index >= 15 is 0 Å². The summed E-state index contributed by atoms with van der Waals surface area (Å²) in [4.78, 5) is 21.2. The van der Waals surface area contributed by atoms with Crippen molar-refractivity contribution in [2.45, 2.75) is 39.2 Å². The van der Waals surface area contributed by atoms with Gasteiger partial charge in [0.1, 0.15) is 22.6 Å². The van der Waals surface area contributed by atoms with Crippen LogP contribution in [0.2, 0.25) is 0 Å². The molecule has 1 saturated carbocycles. The third-order valence-electron chi connectivity index (χ3n) is 4.63. The van der Waals surface area contributed by atoms with Gasteiger partial charge in [0, 0.05) is 34.3 Å². The van der Waals surface area contributed by atoms with Crippen molar-refractivity contribution in [1.82, 2.24) is 9.97 Å². The molecule has 0 N–H and O–H groups in total. The maximum atomic E-state index is 12.5. The summed E-state index contributed by atoms with van der Waals surface area (Å²) < 4.78 is 11.3. The number of aromatic nitrogens is 2. The van der Waals surface area contributed by atoms with E-state index < -0.39 is 0 Å². The van der Waals surface area contributed by atoms with Crippen LogP contribution < -0.4 is 4.74 Å². The Kier molecular flexibility index (Phi) is 3.89. The second-order valence-electron chi connectivity index (χ2n) is 6.95. The second-order valence-corrected chi connectivity index (χ2v) is 7.90. The van der Waals surface area contributed by atoms with Crippen LogP contribution in [-0.2, 0) is 11.2 Å². The molecule has 3 heterocycles. The highest BCUT2D eigenvalue weighted by Gasteiger charge is 2.51. The van der Waals surface area contributed by atoms with Crippen molar-refractivity contribution >= 4 is 17.1 Å². The first-order valence-corrected chi connectivity index (χ1v) is 9.07. The van der Waals surface area contributed by atoms with Gasteiger partial charge in [-0.2, -0.15) is 0 Å². The Morgan fingerprint density at radius 1 is 1.29 bits per heavy atom. The van der Waals surface area contributed by atoms with E-state index in [1.807, 2.05) is 25.3 Å². The zero-order valence-electron chi connectivity index (χ0n) is 13.9. The SMILES string of the molecule is Cc1cc(OC2CC3(COC3)C2)cc(C(=O)Cc2nc(C)cs2)n1. The van der Waals surface area contributed by atoms with Crippen LogP contribution in [0.25, 0.3) is 0 Å². The van der Waals surface area contributed by atoms with Gasteiger partial charge in [0.15, 0.2) is 5.78 Å². The normalized spacial score (nSPS) is 18.9. The summed E-state index contributed by atoms with van der Waals surface area (Å²) >= 11 is 1.51. The summed E-state index contributed by atoms with van der Waals surface area (Å²) in [7, 11) is 0. The summed E-state index contributed by atoms with van der Waals surface area (Å²) in [6, 6.07) is 3.66. The first-order valence-electron chi connectivity index (χ1n) is 8.19. The molecule has 1 saturated heterocycles. The molecule has 6 heteroatoms. The molecule has 2 aromatic heterocycles. The van der Waals surface area contributed by atoms with E-state index in [0.717, 1.165) is 48.2 Å². The molecular formula is C18H20N2O3S. The lowest BCUT2D eigenvalue weighted by Gasteiger charge is -2.52. The Labute approximate surface area is 145 Å². The summed E-state index contributed by atoms with van der Waals surface area (Å²) in [6.07, 6.45) is 2.59. The number of ether oxygens (including phenoxy) is 2. The van der Waals surface area contributed by atoms with E-state index in [4.69, 9.17) is 9.47 Å². The number of nitrogens with zero attached hydrogens (tertiary/aromatic N) is 2. The molecular weight excluding hydrogens is 324 g/mol. The third kappa shape index (κ3) is 3.08. The largest absolute Gasteiger partial charge is 0.490 e. The molecule has 5 nitrogen and oxygen atoms in total. The average molecular weight is 344 g/mol. The van der Waals surface area contributed by atoms with E-state index in [-0.39, 0.29) is 18.3 Å². The highest BCUT2D eigenvalue weighted by atomic mass is 32.1. The molecule has 4 rings (SSSR count). The summed E-state index contributed by atoms with van der Waals surface area (Å²) in [5, 5.41) is 2.78. The Bertz CT molecular complexity index is 774. The Morgan fingerprint density at radius 2 is 2.08 bits per heavy atom. The summed E-state index contributed by atoms with van der Waals surface area (Å²) in [5.41, 5.74) is 2.57. The van der Waals surface area contributed by atoms with Crippen LogP contribution in [-0.4, -0.2) is 35.1 Å². The van der Waals surface area contributed by atoms with Crippen molar-refractivity contribution < 1.29 is 14.3 Å². The molecule has 126 valence electrons. The van der Waals surface area contributed by atoms with Gasteiger partial charge in [0.05, 0.1) is 19.6 Å². The molecule has 0 radical (unpaired) electrons. The van der Waals surface area contributed by atoms with Gasteiger partial charge >= 0.3 is 0 Å². The van der Waals surface area contributed by atoms with Gasteiger partial charge in [-0.3, -0.25) is 4.79 Å². The quantitative estimate of drug-likeness (QED) is 0.780. The topological polar surface area (TPSA) is 61.3 Å². The molecule has 1 spiro atoms. The molecule has 2 aromatic rings. The van der Waals surface area contributed by atoms with Gasteiger partial charge in [-0.05, 0) is 26.7 Å². The summed E-state index contributed by atoms with van der Waals surface area (Å²) in [5.74, 6) is 0.719. The van der Waals surface area contributed by atoms with Crippen molar-refractivity contribution in [2.75, 3.05) is 13.2 Å². The van der Waals surface area contributed by atoms with Crippen LogP contribution in [0.15, 0.2) is 17.5 Å². The van der Waals surface area contributed by atoms with Crippen molar-refractivity contribution in [3.8, 4) is 5.75 Å². The van der Waals surface area contributed by atoms with Crippen molar-refractivity contribution in [2.24, 2.45) is 5.41 Å². The lowest BCUT2D eigenvalue weighted by atomic mass is 9.65. The lowest BCUT2D eigenvalue weighted by Crippen LogP contribution is -2.56. The minimum absolute atomic E-state index is 0.0182.